The van der Waals surface area contributed by atoms with E-state index in [1.807, 2.05) is 6.92 Å². The highest BCUT2D eigenvalue weighted by atomic mass is 32.1. The highest BCUT2D eigenvalue weighted by molar-refractivity contribution is 7.15. The fraction of sp³-hybridized carbons (Fsp3) is 0.375. The predicted molar refractivity (Wildman–Crippen MR) is 85.8 cm³/mol. The number of aromatic nitrogens is 1. The average molecular weight is 319 g/mol. The molecule has 1 aliphatic heterocycles. The van der Waals surface area contributed by atoms with Crippen molar-refractivity contribution in [1.82, 2.24) is 9.88 Å². The molecule has 4 nitrogen and oxygen atoms in total. The maximum atomic E-state index is 12.9. The Morgan fingerprint density at radius 3 is 2.64 bits per heavy atom. The van der Waals surface area contributed by atoms with Crippen molar-refractivity contribution in [3.63, 3.8) is 0 Å². The zero-order chi connectivity index (χ0) is 15.7. The van der Waals surface area contributed by atoms with Crippen molar-refractivity contribution in [3.8, 4) is 0 Å². The Hall–Kier alpha value is -1.95. The topological polar surface area (TPSA) is 36.4 Å². The van der Waals surface area contributed by atoms with Crippen LogP contribution in [-0.2, 0) is 13.0 Å². The number of urea groups is 1. The first-order chi connectivity index (χ1) is 10.6. The van der Waals surface area contributed by atoms with Crippen LogP contribution in [0.3, 0.4) is 0 Å². The first-order valence-corrected chi connectivity index (χ1v) is 8.17. The van der Waals surface area contributed by atoms with Gasteiger partial charge in [-0.1, -0.05) is 19.1 Å². The number of benzene rings is 1. The molecular weight excluding hydrogens is 301 g/mol. The number of carbonyl (C=O) groups excluding carboxylic acids is 1. The van der Waals surface area contributed by atoms with Gasteiger partial charge in [-0.05, 0) is 31.0 Å². The molecule has 2 amide bonds. The molecule has 0 bridgehead atoms. The van der Waals surface area contributed by atoms with E-state index in [4.69, 9.17) is 0 Å². The maximum Gasteiger partial charge on any atom is 0.326 e. The number of halogens is 1. The summed E-state index contributed by atoms with van der Waals surface area (Å²) in [5.41, 5.74) is 1.94. The second-order valence-electron chi connectivity index (χ2n) is 5.34. The molecule has 1 aromatic carbocycles. The molecule has 0 saturated carbocycles. The highest BCUT2D eigenvalue weighted by Gasteiger charge is 2.31. The van der Waals surface area contributed by atoms with Gasteiger partial charge in [0.2, 0.25) is 0 Å². The molecule has 22 heavy (non-hydrogen) atoms. The summed E-state index contributed by atoms with van der Waals surface area (Å²) in [7, 11) is 0. The first kappa shape index (κ1) is 15.0. The van der Waals surface area contributed by atoms with E-state index in [1.54, 1.807) is 33.3 Å². The van der Waals surface area contributed by atoms with Crippen LogP contribution in [0.25, 0.3) is 0 Å². The molecule has 0 spiro atoms. The number of hydrogen-bond donors (Lipinski definition) is 0. The Kier molecular flexibility index (Phi) is 4.11. The van der Waals surface area contributed by atoms with Crippen LogP contribution in [0.5, 0.6) is 0 Å². The van der Waals surface area contributed by atoms with E-state index < -0.39 is 0 Å². The van der Waals surface area contributed by atoms with Crippen molar-refractivity contribution in [2.24, 2.45) is 0 Å². The lowest BCUT2D eigenvalue weighted by Gasteiger charge is -2.16. The van der Waals surface area contributed by atoms with E-state index in [2.05, 4.69) is 11.9 Å². The van der Waals surface area contributed by atoms with Crippen LogP contribution in [-0.4, -0.2) is 29.0 Å². The van der Waals surface area contributed by atoms with E-state index in [9.17, 15) is 9.18 Å². The van der Waals surface area contributed by atoms with Crippen LogP contribution < -0.4 is 4.90 Å². The summed E-state index contributed by atoms with van der Waals surface area (Å²) in [4.78, 5) is 21.8. The van der Waals surface area contributed by atoms with Crippen LogP contribution in [0.1, 0.15) is 23.1 Å². The predicted octanol–water partition coefficient (Wildman–Crippen LogP) is 3.60. The fourth-order valence-electron chi connectivity index (χ4n) is 2.57. The minimum atomic E-state index is -0.261. The van der Waals surface area contributed by atoms with Crippen LogP contribution >= 0.6 is 11.3 Å². The number of aryl methyl sites for hydroxylation is 2. The van der Waals surface area contributed by atoms with E-state index in [0.29, 0.717) is 19.6 Å². The van der Waals surface area contributed by atoms with Crippen LogP contribution in [0.4, 0.5) is 14.3 Å². The number of nitrogens with zero attached hydrogens (tertiary/aromatic N) is 3. The standard InChI is InChI=1S/C16H18FN3OS/c1-3-14-11(2)18-15(22-14)20-9-8-19(16(20)21)10-12-4-6-13(17)7-5-12/h4-7H,3,8-10H2,1-2H3. The maximum absolute atomic E-state index is 12.9. The third kappa shape index (κ3) is 2.83. The Morgan fingerprint density at radius 2 is 2.00 bits per heavy atom. The Balaban J connectivity index is 1.72. The zero-order valence-corrected chi connectivity index (χ0v) is 13.5. The van der Waals surface area contributed by atoms with Gasteiger partial charge < -0.3 is 4.90 Å². The van der Waals surface area contributed by atoms with Gasteiger partial charge >= 0.3 is 6.03 Å². The molecule has 1 saturated heterocycles. The molecule has 2 heterocycles. The van der Waals surface area contributed by atoms with Gasteiger partial charge in [0.25, 0.3) is 0 Å². The SMILES string of the molecule is CCc1sc(N2CCN(Cc3ccc(F)cc3)C2=O)nc1C. The van der Waals surface area contributed by atoms with Gasteiger partial charge in [0, 0.05) is 24.5 Å². The van der Waals surface area contributed by atoms with Gasteiger partial charge in [-0.3, -0.25) is 4.90 Å². The lowest BCUT2D eigenvalue weighted by atomic mass is 10.2. The van der Waals surface area contributed by atoms with Gasteiger partial charge in [0.1, 0.15) is 5.82 Å². The van der Waals surface area contributed by atoms with Gasteiger partial charge in [0.05, 0.1) is 5.69 Å². The second kappa shape index (κ2) is 6.04. The molecule has 1 aromatic heterocycles. The monoisotopic (exact) mass is 319 g/mol. The van der Waals surface area contributed by atoms with E-state index in [1.165, 1.54) is 17.0 Å². The Morgan fingerprint density at radius 1 is 1.27 bits per heavy atom. The van der Waals surface area contributed by atoms with E-state index in [0.717, 1.165) is 22.8 Å². The van der Waals surface area contributed by atoms with Gasteiger partial charge in [-0.15, -0.1) is 11.3 Å². The summed E-state index contributed by atoms with van der Waals surface area (Å²) in [6.45, 7) is 5.89. The van der Waals surface area contributed by atoms with E-state index >= 15 is 0 Å². The first-order valence-electron chi connectivity index (χ1n) is 7.35. The van der Waals surface area contributed by atoms with Gasteiger partial charge in [-0.25, -0.2) is 14.2 Å². The van der Waals surface area contributed by atoms with Crippen molar-refractivity contribution < 1.29 is 9.18 Å². The minimum absolute atomic E-state index is 0.0271. The molecule has 116 valence electrons. The minimum Gasteiger partial charge on any atom is -0.318 e. The van der Waals surface area contributed by atoms with Crippen molar-refractivity contribution in [2.45, 2.75) is 26.8 Å². The summed E-state index contributed by atoms with van der Waals surface area (Å²) in [5.74, 6) is -0.261. The Labute approximate surface area is 133 Å². The third-order valence-electron chi connectivity index (χ3n) is 3.82. The van der Waals surface area contributed by atoms with Gasteiger partial charge in [0.15, 0.2) is 5.13 Å². The normalized spacial score (nSPS) is 15.0. The largest absolute Gasteiger partial charge is 0.326 e. The molecule has 0 radical (unpaired) electrons. The number of thiazole rings is 1. The van der Waals surface area contributed by atoms with Crippen molar-refractivity contribution >= 4 is 22.5 Å². The van der Waals surface area contributed by atoms with Crippen LogP contribution in [0.2, 0.25) is 0 Å². The molecule has 0 N–H and O–H groups in total. The summed E-state index contributed by atoms with van der Waals surface area (Å²) < 4.78 is 12.9. The highest BCUT2D eigenvalue weighted by Crippen LogP contribution is 2.29. The smallest absolute Gasteiger partial charge is 0.318 e. The lowest BCUT2D eigenvalue weighted by molar-refractivity contribution is 0.219. The molecule has 0 aliphatic carbocycles. The molecule has 1 aliphatic rings. The molecule has 6 heteroatoms. The Bertz CT molecular complexity index is 683. The van der Waals surface area contributed by atoms with Crippen molar-refractivity contribution in [1.29, 1.82) is 0 Å². The number of carbonyl (C=O) groups is 1. The molecule has 0 unspecified atom stereocenters. The molecular formula is C16H18FN3OS. The molecule has 2 aromatic rings. The summed E-state index contributed by atoms with van der Waals surface area (Å²) in [6, 6.07) is 6.25. The number of anilines is 1. The van der Waals surface area contributed by atoms with Crippen molar-refractivity contribution in [3.05, 3.63) is 46.2 Å². The molecule has 1 fully saturated rings. The van der Waals surface area contributed by atoms with Gasteiger partial charge in [-0.2, -0.15) is 0 Å². The lowest BCUT2D eigenvalue weighted by Crippen LogP contribution is -2.31. The third-order valence-corrected chi connectivity index (χ3v) is 5.14. The summed E-state index contributed by atoms with van der Waals surface area (Å²) in [6.07, 6.45) is 0.935. The average Bonchev–Trinajstić information content (AvgIpc) is 3.05. The van der Waals surface area contributed by atoms with Crippen molar-refractivity contribution in [2.75, 3.05) is 18.0 Å². The summed E-state index contributed by atoms with van der Waals surface area (Å²) >= 11 is 1.59. The van der Waals surface area contributed by atoms with E-state index in [-0.39, 0.29) is 11.8 Å². The zero-order valence-electron chi connectivity index (χ0n) is 12.7. The number of rotatable bonds is 4. The number of hydrogen-bond acceptors (Lipinski definition) is 3. The van der Waals surface area contributed by atoms with Crippen LogP contribution in [0, 0.1) is 12.7 Å². The quantitative estimate of drug-likeness (QED) is 0.863. The molecule has 3 rings (SSSR count). The van der Waals surface area contributed by atoms with Crippen LogP contribution in [0.15, 0.2) is 24.3 Å². The second-order valence-corrected chi connectivity index (χ2v) is 6.40. The molecule has 0 atom stereocenters. The summed E-state index contributed by atoms with van der Waals surface area (Å²) in [5, 5.41) is 0.779. The number of amides is 2. The fourth-order valence-corrected chi connectivity index (χ4v) is 3.59.